The van der Waals surface area contributed by atoms with Crippen LogP contribution in [0.2, 0.25) is 0 Å². The van der Waals surface area contributed by atoms with Gasteiger partial charge in [-0.25, -0.2) is 0 Å². The molecule has 10 aromatic carbocycles. The zero-order chi connectivity index (χ0) is 41.7. The Balaban J connectivity index is 1.13. The number of rotatable bonds is 10. The molecule has 0 aliphatic rings. The van der Waals surface area contributed by atoms with Gasteiger partial charge in [0.05, 0.1) is 0 Å². The lowest BCUT2D eigenvalue weighted by atomic mass is 9.88. The Kier molecular flexibility index (Phi) is 10.8. The number of benzene rings is 10. The van der Waals surface area contributed by atoms with Gasteiger partial charge < -0.3 is 5.11 Å². The third kappa shape index (κ3) is 8.31. The van der Waals surface area contributed by atoms with Crippen LogP contribution < -0.4 is 0 Å². The molecule has 0 unspecified atom stereocenters. The number of aliphatic hydroxyl groups excluding tert-OH is 1. The smallest absolute Gasteiger partial charge is 0.104 e. The van der Waals surface area contributed by atoms with Gasteiger partial charge in [-0.05, 0) is 161 Å². The second-order valence-corrected chi connectivity index (χ2v) is 15.9. The summed E-state index contributed by atoms with van der Waals surface area (Å²) in [7, 11) is 0. The molecule has 62 heavy (non-hydrogen) atoms. The highest BCUT2D eigenvalue weighted by Crippen LogP contribution is 2.39. The van der Waals surface area contributed by atoms with Crippen molar-refractivity contribution in [2.45, 2.75) is 6.10 Å². The largest absolute Gasteiger partial charge is 0.384 e. The molecule has 1 nitrogen and oxygen atoms in total. The highest BCUT2D eigenvalue weighted by Gasteiger charge is 2.18. The van der Waals surface area contributed by atoms with E-state index in [1.165, 1.54) is 22.3 Å². The normalized spacial score (nSPS) is 11.1. The Morgan fingerprint density at radius 2 is 0.355 bits per heavy atom. The summed E-state index contributed by atoms with van der Waals surface area (Å²) < 4.78 is 0. The van der Waals surface area contributed by atoms with E-state index in [9.17, 15) is 5.11 Å². The summed E-state index contributed by atoms with van der Waals surface area (Å²) in [6.45, 7) is 0. The first-order valence-electron chi connectivity index (χ1n) is 21.2. The molecular formula is C61H44O. The van der Waals surface area contributed by atoms with Crippen LogP contribution in [0.15, 0.2) is 255 Å². The molecule has 0 heterocycles. The Hall–Kier alpha value is -7.84. The highest BCUT2D eigenvalue weighted by atomic mass is 16.3. The van der Waals surface area contributed by atoms with Gasteiger partial charge in [-0.3, -0.25) is 0 Å². The van der Waals surface area contributed by atoms with Crippen molar-refractivity contribution in [3.8, 4) is 89.0 Å². The second kappa shape index (κ2) is 17.4. The SMILES string of the molecule is OC(c1cc(-c2cccc(-c3ccccc3)c2)cc(-c2cccc(-c3ccccc3)c2)c1)c1cc(-c2cccc(-c3ccccc3)c2)cc(-c2cccc(-c3ccccc3)c2)c1. The van der Waals surface area contributed by atoms with Gasteiger partial charge in [-0.15, -0.1) is 0 Å². The quantitative estimate of drug-likeness (QED) is 0.146. The van der Waals surface area contributed by atoms with Crippen LogP contribution >= 0.6 is 0 Å². The zero-order valence-electron chi connectivity index (χ0n) is 34.3. The summed E-state index contributed by atoms with van der Waals surface area (Å²) in [5.41, 5.74) is 19.4. The van der Waals surface area contributed by atoms with Crippen LogP contribution in [-0.2, 0) is 0 Å². The van der Waals surface area contributed by atoms with Gasteiger partial charge in [0.2, 0.25) is 0 Å². The summed E-state index contributed by atoms with van der Waals surface area (Å²) in [6.07, 6.45) is -0.920. The molecule has 0 saturated carbocycles. The third-order valence-corrected chi connectivity index (χ3v) is 11.8. The average molecular weight is 793 g/mol. The maximum atomic E-state index is 12.8. The fourth-order valence-electron chi connectivity index (χ4n) is 8.51. The first-order valence-corrected chi connectivity index (χ1v) is 21.2. The maximum Gasteiger partial charge on any atom is 0.104 e. The van der Waals surface area contributed by atoms with Crippen molar-refractivity contribution in [2.24, 2.45) is 0 Å². The predicted octanol–water partition coefficient (Wildman–Crippen LogP) is 16.1. The monoisotopic (exact) mass is 792 g/mol. The average Bonchev–Trinajstić information content (AvgIpc) is 3.37. The first kappa shape index (κ1) is 38.4. The van der Waals surface area contributed by atoms with Crippen LogP contribution in [-0.4, -0.2) is 5.11 Å². The van der Waals surface area contributed by atoms with Crippen molar-refractivity contribution in [3.63, 3.8) is 0 Å². The molecule has 10 rings (SSSR count). The van der Waals surface area contributed by atoms with Crippen molar-refractivity contribution in [2.75, 3.05) is 0 Å². The molecule has 0 saturated heterocycles. The van der Waals surface area contributed by atoms with Gasteiger partial charge in [-0.2, -0.15) is 0 Å². The van der Waals surface area contributed by atoms with Gasteiger partial charge in [0.15, 0.2) is 0 Å². The highest BCUT2D eigenvalue weighted by molar-refractivity contribution is 5.82. The lowest BCUT2D eigenvalue weighted by Crippen LogP contribution is -2.02. The Labute approximate surface area is 364 Å². The molecular weight excluding hydrogens is 749 g/mol. The summed E-state index contributed by atoms with van der Waals surface area (Å²) in [5, 5.41) is 12.8. The second-order valence-electron chi connectivity index (χ2n) is 15.9. The van der Waals surface area contributed by atoms with E-state index < -0.39 is 6.10 Å². The van der Waals surface area contributed by atoms with Gasteiger partial charge in [0, 0.05) is 0 Å². The first-order chi connectivity index (χ1) is 30.6. The number of aliphatic hydroxyl groups is 1. The molecule has 0 spiro atoms. The fourth-order valence-corrected chi connectivity index (χ4v) is 8.51. The molecule has 0 radical (unpaired) electrons. The topological polar surface area (TPSA) is 20.2 Å². The summed E-state index contributed by atoms with van der Waals surface area (Å²) >= 11 is 0. The van der Waals surface area contributed by atoms with E-state index in [1.54, 1.807) is 0 Å². The van der Waals surface area contributed by atoms with Gasteiger partial charge in [0.1, 0.15) is 6.10 Å². The summed E-state index contributed by atoms with van der Waals surface area (Å²) in [6, 6.07) is 90.0. The van der Waals surface area contributed by atoms with Crippen molar-refractivity contribution in [1.29, 1.82) is 0 Å². The van der Waals surface area contributed by atoms with Gasteiger partial charge in [0.25, 0.3) is 0 Å². The van der Waals surface area contributed by atoms with E-state index in [0.29, 0.717) is 0 Å². The summed E-state index contributed by atoms with van der Waals surface area (Å²) in [4.78, 5) is 0. The molecule has 1 heteroatoms. The predicted molar refractivity (Wildman–Crippen MR) is 260 cm³/mol. The Bertz CT molecular complexity index is 2700. The third-order valence-electron chi connectivity index (χ3n) is 11.8. The molecule has 0 aliphatic heterocycles. The van der Waals surface area contributed by atoms with Crippen molar-refractivity contribution < 1.29 is 5.11 Å². The minimum absolute atomic E-state index is 0.826. The van der Waals surface area contributed by atoms with Gasteiger partial charge in [-0.1, -0.05) is 194 Å². The molecule has 1 N–H and O–H groups in total. The van der Waals surface area contributed by atoms with E-state index in [1.807, 2.05) is 0 Å². The molecule has 10 aromatic rings. The number of hydrogen-bond acceptors (Lipinski definition) is 1. The molecule has 294 valence electrons. The van der Waals surface area contributed by atoms with E-state index in [0.717, 1.165) is 77.9 Å². The molecule has 0 fully saturated rings. The van der Waals surface area contributed by atoms with Crippen molar-refractivity contribution in [3.05, 3.63) is 266 Å². The van der Waals surface area contributed by atoms with E-state index >= 15 is 0 Å². The molecule has 0 atom stereocenters. The fraction of sp³-hybridized carbons (Fsp3) is 0.0164. The Morgan fingerprint density at radius 1 is 0.177 bits per heavy atom. The Morgan fingerprint density at radius 3 is 0.581 bits per heavy atom. The van der Waals surface area contributed by atoms with Crippen LogP contribution in [0.3, 0.4) is 0 Å². The molecule has 0 aromatic heterocycles. The van der Waals surface area contributed by atoms with Crippen LogP contribution in [0.25, 0.3) is 89.0 Å². The molecule has 0 amide bonds. The zero-order valence-corrected chi connectivity index (χ0v) is 34.3. The van der Waals surface area contributed by atoms with Crippen LogP contribution in [0.4, 0.5) is 0 Å². The standard InChI is InChI=1S/C61H44O/c62-61(59-39-55(51-29-13-25-47(33-51)43-17-5-1-6-18-43)37-56(40-59)52-30-14-26-48(34-52)44-19-7-2-8-20-44)60-41-57(53-31-15-27-49(35-53)45-21-9-3-10-22-45)38-58(42-60)54-32-16-28-50(36-54)46-23-11-4-12-24-46/h1-42,61-62H. The van der Waals surface area contributed by atoms with Gasteiger partial charge >= 0.3 is 0 Å². The van der Waals surface area contributed by atoms with Crippen LogP contribution in [0.1, 0.15) is 17.2 Å². The molecule has 0 bridgehead atoms. The van der Waals surface area contributed by atoms with Crippen molar-refractivity contribution >= 4 is 0 Å². The van der Waals surface area contributed by atoms with E-state index in [-0.39, 0.29) is 0 Å². The lowest BCUT2D eigenvalue weighted by molar-refractivity contribution is 0.220. The summed E-state index contributed by atoms with van der Waals surface area (Å²) in [5.74, 6) is 0. The van der Waals surface area contributed by atoms with Crippen molar-refractivity contribution in [1.82, 2.24) is 0 Å². The van der Waals surface area contributed by atoms with Crippen LogP contribution in [0.5, 0.6) is 0 Å². The van der Waals surface area contributed by atoms with E-state index in [4.69, 9.17) is 0 Å². The maximum absolute atomic E-state index is 12.8. The lowest BCUT2D eigenvalue weighted by Gasteiger charge is -2.19. The van der Waals surface area contributed by atoms with Crippen LogP contribution in [0, 0.1) is 0 Å². The molecule has 0 aliphatic carbocycles. The minimum atomic E-state index is -0.920. The van der Waals surface area contributed by atoms with E-state index in [2.05, 4.69) is 255 Å². The number of hydrogen-bond donors (Lipinski definition) is 1. The minimum Gasteiger partial charge on any atom is -0.384 e.